The standard InChI is InChI=1S/C16H20N2OS/c19-12-16(8-4-5-9-16)17-10-15-18-14(11-20-15)13-6-2-1-3-7-13/h1-3,6-7,11,17,19H,4-5,8-10,12H2. The van der Waals surface area contributed by atoms with Crippen LogP contribution in [0.2, 0.25) is 0 Å². The van der Waals surface area contributed by atoms with Gasteiger partial charge in [-0.15, -0.1) is 11.3 Å². The number of aliphatic hydroxyl groups is 1. The third kappa shape index (κ3) is 2.92. The van der Waals surface area contributed by atoms with Crippen molar-refractivity contribution in [1.29, 1.82) is 0 Å². The van der Waals surface area contributed by atoms with Crippen LogP contribution < -0.4 is 5.32 Å². The summed E-state index contributed by atoms with van der Waals surface area (Å²) in [6.45, 7) is 0.974. The Kier molecular flexibility index (Phi) is 4.15. The van der Waals surface area contributed by atoms with Crippen molar-refractivity contribution in [3.05, 3.63) is 40.7 Å². The summed E-state index contributed by atoms with van der Waals surface area (Å²) in [6, 6.07) is 10.2. The second kappa shape index (κ2) is 6.04. The summed E-state index contributed by atoms with van der Waals surface area (Å²) in [6.07, 6.45) is 4.56. The van der Waals surface area contributed by atoms with Gasteiger partial charge in [0.15, 0.2) is 0 Å². The minimum absolute atomic E-state index is 0.0709. The van der Waals surface area contributed by atoms with Gasteiger partial charge in [-0.1, -0.05) is 43.2 Å². The molecule has 1 fully saturated rings. The molecule has 0 aliphatic heterocycles. The number of rotatable bonds is 5. The Morgan fingerprint density at radius 3 is 2.65 bits per heavy atom. The Bertz CT molecular complexity index is 547. The van der Waals surface area contributed by atoms with E-state index in [0.29, 0.717) is 0 Å². The zero-order valence-electron chi connectivity index (χ0n) is 11.5. The molecule has 1 aromatic carbocycles. The number of aliphatic hydroxyl groups excluding tert-OH is 1. The van der Waals surface area contributed by atoms with Gasteiger partial charge in [0.25, 0.3) is 0 Å². The first kappa shape index (κ1) is 13.7. The van der Waals surface area contributed by atoms with Gasteiger partial charge in [-0.2, -0.15) is 0 Å². The van der Waals surface area contributed by atoms with Crippen molar-refractivity contribution in [3.8, 4) is 11.3 Å². The number of nitrogens with one attached hydrogen (secondary N) is 1. The average Bonchev–Trinajstić information content (AvgIpc) is 3.16. The molecule has 4 heteroatoms. The molecule has 1 aromatic heterocycles. The Balaban J connectivity index is 1.66. The third-order valence-electron chi connectivity index (χ3n) is 4.10. The van der Waals surface area contributed by atoms with Crippen LogP contribution in [0.15, 0.2) is 35.7 Å². The summed E-state index contributed by atoms with van der Waals surface area (Å²) >= 11 is 1.68. The summed E-state index contributed by atoms with van der Waals surface area (Å²) in [5, 5.41) is 16.3. The van der Waals surface area contributed by atoms with Crippen LogP contribution in [-0.4, -0.2) is 22.2 Å². The highest BCUT2D eigenvalue weighted by molar-refractivity contribution is 7.09. The summed E-state index contributed by atoms with van der Waals surface area (Å²) in [5.74, 6) is 0. The molecule has 0 bridgehead atoms. The van der Waals surface area contributed by atoms with E-state index in [1.165, 1.54) is 12.8 Å². The first-order valence-corrected chi connectivity index (χ1v) is 8.05. The van der Waals surface area contributed by atoms with E-state index in [1.54, 1.807) is 11.3 Å². The highest BCUT2D eigenvalue weighted by Gasteiger charge is 2.32. The molecule has 20 heavy (non-hydrogen) atoms. The molecule has 1 aliphatic carbocycles. The molecule has 106 valence electrons. The Morgan fingerprint density at radius 2 is 1.95 bits per heavy atom. The zero-order chi connectivity index (χ0) is 13.8. The van der Waals surface area contributed by atoms with E-state index in [-0.39, 0.29) is 12.1 Å². The minimum atomic E-state index is -0.0709. The number of thiazole rings is 1. The second-order valence-corrected chi connectivity index (χ2v) is 6.43. The van der Waals surface area contributed by atoms with Gasteiger partial charge in [-0.05, 0) is 12.8 Å². The highest BCUT2D eigenvalue weighted by Crippen LogP contribution is 2.30. The van der Waals surface area contributed by atoms with Crippen molar-refractivity contribution in [2.24, 2.45) is 0 Å². The van der Waals surface area contributed by atoms with E-state index in [1.807, 2.05) is 18.2 Å². The van der Waals surface area contributed by atoms with Gasteiger partial charge in [-0.3, -0.25) is 0 Å². The molecule has 0 atom stereocenters. The van der Waals surface area contributed by atoms with E-state index in [0.717, 1.165) is 35.7 Å². The summed E-state index contributed by atoms with van der Waals surface area (Å²) in [5.41, 5.74) is 2.13. The second-order valence-electron chi connectivity index (χ2n) is 5.49. The van der Waals surface area contributed by atoms with Crippen LogP contribution >= 0.6 is 11.3 Å². The fourth-order valence-corrected chi connectivity index (χ4v) is 3.58. The molecular weight excluding hydrogens is 268 g/mol. The fourth-order valence-electron chi connectivity index (χ4n) is 2.84. The van der Waals surface area contributed by atoms with Gasteiger partial charge in [0.2, 0.25) is 0 Å². The normalized spacial score (nSPS) is 17.4. The monoisotopic (exact) mass is 288 g/mol. The number of hydrogen-bond acceptors (Lipinski definition) is 4. The van der Waals surface area contributed by atoms with Crippen molar-refractivity contribution in [2.45, 2.75) is 37.8 Å². The summed E-state index contributed by atoms with van der Waals surface area (Å²) < 4.78 is 0. The van der Waals surface area contributed by atoms with E-state index in [2.05, 4.69) is 27.8 Å². The number of hydrogen-bond donors (Lipinski definition) is 2. The molecular formula is C16H20N2OS. The van der Waals surface area contributed by atoms with Crippen LogP contribution in [0.4, 0.5) is 0 Å². The lowest BCUT2D eigenvalue weighted by molar-refractivity contribution is 0.163. The van der Waals surface area contributed by atoms with E-state index in [4.69, 9.17) is 0 Å². The molecule has 1 heterocycles. The fraction of sp³-hybridized carbons (Fsp3) is 0.438. The maximum Gasteiger partial charge on any atom is 0.107 e. The van der Waals surface area contributed by atoms with Gasteiger partial charge in [0.1, 0.15) is 5.01 Å². The first-order valence-electron chi connectivity index (χ1n) is 7.17. The summed E-state index contributed by atoms with van der Waals surface area (Å²) in [4.78, 5) is 4.68. The van der Waals surface area contributed by atoms with E-state index < -0.39 is 0 Å². The Labute approximate surface area is 123 Å². The van der Waals surface area contributed by atoms with Crippen LogP contribution in [0.25, 0.3) is 11.3 Å². The predicted molar refractivity (Wildman–Crippen MR) is 82.7 cm³/mol. The van der Waals surface area contributed by atoms with Crippen LogP contribution in [0.1, 0.15) is 30.7 Å². The molecule has 1 saturated carbocycles. The Hall–Kier alpha value is -1.23. The van der Waals surface area contributed by atoms with E-state index in [9.17, 15) is 5.11 Å². The van der Waals surface area contributed by atoms with Crippen LogP contribution in [0, 0.1) is 0 Å². The summed E-state index contributed by atoms with van der Waals surface area (Å²) in [7, 11) is 0. The lowest BCUT2D eigenvalue weighted by atomic mass is 9.99. The molecule has 0 radical (unpaired) electrons. The molecule has 3 rings (SSSR count). The van der Waals surface area contributed by atoms with Gasteiger partial charge in [-0.25, -0.2) is 4.98 Å². The van der Waals surface area contributed by atoms with Gasteiger partial charge in [0.05, 0.1) is 12.3 Å². The highest BCUT2D eigenvalue weighted by atomic mass is 32.1. The van der Waals surface area contributed by atoms with Crippen molar-refractivity contribution in [3.63, 3.8) is 0 Å². The zero-order valence-corrected chi connectivity index (χ0v) is 12.3. The predicted octanol–water partition coefficient (Wildman–Crippen LogP) is 3.20. The Morgan fingerprint density at radius 1 is 1.20 bits per heavy atom. The molecule has 0 saturated heterocycles. The van der Waals surface area contributed by atoms with E-state index >= 15 is 0 Å². The van der Waals surface area contributed by atoms with Gasteiger partial charge >= 0.3 is 0 Å². The van der Waals surface area contributed by atoms with Crippen LogP contribution in [-0.2, 0) is 6.54 Å². The number of benzene rings is 1. The SMILES string of the molecule is OCC1(NCc2nc(-c3ccccc3)cs2)CCCC1. The van der Waals surface area contributed by atoms with Crippen molar-refractivity contribution < 1.29 is 5.11 Å². The molecule has 2 aromatic rings. The van der Waals surface area contributed by atoms with Crippen LogP contribution in [0.5, 0.6) is 0 Å². The molecule has 0 unspecified atom stereocenters. The lowest BCUT2D eigenvalue weighted by Gasteiger charge is -2.27. The average molecular weight is 288 g/mol. The molecule has 2 N–H and O–H groups in total. The van der Waals surface area contributed by atoms with Crippen molar-refractivity contribution in [1.82, 2.24) is 10.3 Å². The van der Waals surface area contributed by atoms with Crippen molar-refractivity contribution in [2.75, 3.05) is 6.61 Å². The van der Waals surface area contributed by atoms with Crippen LogP contribution in [0.3, 0.4) is 0 Å². The van der Waals surface area contributed by atoms with Crippen molar-refractivity contribution >= 4 is 11.3 Å². The molecule has 1 aliphatic rings. The molecule has 3 nitrogen and oxygen atoms in total. The maximum atomic E-state index is 9.60. The lowest BCUT2D eigenvalue weighted by Crippen LogP contribution is -2.45. The molecule has 0 amide bonds. The maximum absolute atomic E-state index is 9.60. The molecule has 0 spiro atoms. The number of aromatic nitrogens is 1. The third-order valence-corrected chi connectivity index (χ3v) is 4.95. The van der Waals surface area contributed by atoms with Gasteiger partial charge < -0.3 is 10.4 Å². The quantitative estimate of drug-likeness (QED) is 0.888. The van der Waals surface area contributed by atoms with Gasteiger partial charge in [0, 0.05) is 23.0 Å². The minimum Gasteiger partial charge on any atom is -0.394 e. The number of nitrogens with zero attached hydrogens (tertiary/aromatic N) is 1. The first-order chi connectivity index (χ1) is 9.81. The topological polar surface area (TPSA) is 45.1 Å². The smallest absolute Gasteiger partial charge is 0.107 e. The largest absolute Gasteiger partial charge is 0.394 e.